The van der Waals surface area contributed by atoms with Crippen LogP contribution in [0.25, 0.3) is 0 Å². The normalized spacial score (nSPS) is 24.9. The van der Waals surface area contributed by atoms with Gasteiger partial charge < -0.3 is 64.2 Å². The summed E-state index contributed by atoms with van der Waals surface area (Å²) in [4.78, 5) is 140. The number of amides is 9. The van der Waals surface area contributed by atoms with E-state index >= 15 is 0 Å². The Bertz CT molecular complexity index is 1850. The molecule has 2 heterocycles. The van der Waals surface area contributed by atoms with Crippen LogP contribution in [0.5, 0.6) is 5.75 Å². The van der Waals surface area contributed by atoms with Crippen molar-refractivity contribution in [3.05, 3.63) is 33.9 Å². The van der Waals surface area contributed by atoms with Gasteiger partial charge in [0.05, 0.1) is 36.9 Å². The number of phenols is 1. The summed E-state index contributed by atoms with van der Waals surface area (Å²) < 4.78 is 0. The number of carbonyl (C=O) groups excluding carboxylic acids is 9. The number of primary amides is 2. The van der Waals surface area contributed by atoms with E-state index in [9.17, 15) is 68.3 Å². The smallest absolute Gasteiger partial charge is 0.310 e. The van der Waals surface area contributed by atoms with E-state index in [1.54, 1.807) is 0 Å². The lowest BCUT2D eigenvalue weighted by Crippen LogP contribution is -2.58. The minimum atomic E-state index is -1.74. The number of nitrogens with zero attached hydrogens (tertiary/aromatic N) is 2. The number of nitro benzene ring substituents is 1. The highest BCUT2D eigenvalue weighted by atomic mass is 33.1. The molecule has 9 amide bonds. The Morgan fingerprint density at radius 2 is 1.46 bits per heavy atom. The molecule has 2 saturated heterocycles. The molecule has 322 valence electrons. The zero-order valence-corrected chi connectivity index (χ0v) is 32.6. The van der Waals surface area contributed by atoms with Crippen LogP contribution in [0.4, 0.5) is 5.69 Å². The molecule has 0 aliphatic carbocycles. The molecular formula is C32H43N11O14S2. The quantitative estimate of drug-likeness (QED) is 0.0660. The summed E-state index contributed by atoms with van der Waals surface area (Å²) in [5, 5.41) is 44.3. The van der Waals surface area contributed by atoms with Crippen LogP contribution in [0.3, 0.4) is 0 Å². The second-order valence-electron chi connectivity index (χ2n) is 13.1. The lowest BCUT2D eigenvalue weighted by Gasteiger charge is -2.27. The second-order valence-corrected chi connectivity index (χ2v) is 15.7. The van der Waals surface area contributed by atoms with Crippen molar-refractivity contribution in [2.75, 3.05) is 31.1 Å². The molecule has 3 rings (SSSR count). The Hall–Kier alpha value is -6.22. The summed E-state index contributed by atoms with van der Waals surface area (Å²) in [7, 11) is 1.87. The van der Waals surface area contributed by atoms with Gasteiger partial charge in [-0.05, 0) is 24.5 Å². The van der Waals surface area contributed by atoms with Crippen LogP contribution in [0.15, 0.2) is 18.2 Å². The fourth-order valence-corrected chi connectivity index (χ4v) is 7.97. The first-order valence-electron chi connectivity index (χ1n) is 17.6. The van der Waals surface area contributed by atoms with E-state index in [2.05, 4.69) is 31.9 Å². The molecule has 14 N–H and O–H groups in total. The lowest BCUT2D eigenvalue weighted by molar-refractivity contribution is -0.385. The molecule has 27 heteroatoms. The largest absolute Gasteiger partial charge is 0.502 e. The molecule has 2 aliphatic rings. The molecule has 59 heavy (non-hydrogen) atoms. The third kappa shape index (κ3) is 14.6. The minimum absolute atomic E-state index is 0.0299. The van der Waals surface area contributed by atoms with Crippen molar-refractivity contribution in [2.24, 2.45) is 17.2 Å². The van der Waals surface area contributed by atoms with E-state index < -0.39 is 144 Å². The van der Waals surface area contributed by atoms with E-state index in [4.69, 9.17) is 17.2 Å². The third-order valence-corrected chi connectivity index (χ3v) is 11.1. The molecule has 0 radical (unpaired) electrons. The molecule has 2 aliphatic heterocycles. The van der Waals surface area contributed by atoms with E-state index in [1.165, 1.54) is 6.07 Å². The predicted molar refractivity (Wildman–Crippen MR) is 205 cm³/mol. The molecule has 0 unspecified atom stereocenters. The Labute approximate surface area is 341 Å². The number of carboxylic acid groups (broad SMARTS) is 1. The van der Waals surface area contributed by atoms with Gasteiger partial charge in [0.1, 0.15) is 30.2 Å². The number of phenolic OH excluding ortho intramolecular Hbond substituents is 1. The number of aliphatic carboxylic acids is 1. The maximum atomic E-state index is 13.5. The van der Waals surface area contributed by atoms with Gasteiger partial charge in [-0.1, -0.05) is 27.7 Å². The number of nitrogens with one attached hydrogen (secondary N) is 6. The maximum absolute atomic E-state index is 13.5. The van der Waals surface area contributed by atoms with Crippen LogP contribution in [0, 0.1) is 10.1 Å². The monoisotopic (exact) mass is 869 g/mol. The average Bonchev–Trinajstić information content (AvgIpc) is 3.66. The van der Waals surface area contributed by atoms with Crippen LogP contribution < -0.4 is 49.1 Å². The van der Waals surface area contributed by atoms with Crippen molar-refractivity contribution in [3.63, 3.8) is 0 Å². The van der Waals surface area contributed by atoms with Gasteiger partial charge in [-0.15, -0.1) is 0 Å². The number of hydrogen-bond acceptors (Lipinski definition) is 16. The van der Waals surface area contributed by atoms with Crippen LogP contribution >= 0.6 is 21.6 Å². The fourth-order valence-electron chi connectivity index (χ4n) is 5.67. The number of carboxylic acids is 1. The van der Waals surface area contributed by atoms with Gasteiger partial charge in [0.25, 0.3) is 0 Å². The number of rotatable bonds is 8. The maximum Gasteiger partial charge on any atom is 0.310 e. The summed E-state index contributed by atoms with van der Waals surface area (Å²) in [6.07, 6.45) is -1.70. The van der Waals surface area contributed by atoms with Gasteiger partial charge in [0.15, 0.2) is 5.75 Å². The van der Waals surface area contributed by atoms with Gasteiger partial charge in [-0.2, -0.15) is 0 Å². The van der Waals surface area contributed by atoms with E-state index in [0.717, 1.165) is 38.6 Å². The highest BCUT2D eigenvalue weighted by molar-refractivity contribution is 8.76. The molecule has 0 bridgehead atoms. The van der Waals surface area contributed by atoms with Crippen LogP contribution in [-0.4, -0.2) is 147 Å². The molecule has 1 aromatic rings. The van der Waals surface area contributed by atoms with E-state index in [-0.39, 0.29) is 30.0 Å². The second kappa shape index (κ2) is 22.1. The molecule has 0 aromatic heterocycles. The number of benzene rings is 1. The topological polar surface area (TPSA) is 408 Å². The summed E-state index contributed by atoms with van der Waals surface area (Å²) in [6.45, 7) is -1.59. The van der Waals surface area contributed by atoms with Crippen LogP contribution in [-0.2, 0) is 54.4 Å². The zero-order chi connectivity index (χ0) is 44.0. The van der Waals surface area contributed by atoms with Gasteiger partial charge >= 0.3 is 11.7 Å². The first-order chi connectivity index (χ1) is 27.8. The number of nitrogens with two attached hydrogens (primary N) is 3. The molecule has 6 atom stereocenters. The minimum Gasteiger partial charge on any atom is -0.502 e. The molecule has 1 aromatic carbocycles. The lowest BCUT2D eigenvalue weighted by atomic mass is 10.0. The molecule has 0 saturated carbocycles. The Kier molecular flexibility index (Phi) is 17.6. The molecule has 2 fully saturated rings. The van der Waals surface area contributed by atoms with Crippen LogP contribution in [0.2, 0.25) is 0 Å². The van der Waals surface area contributed by atoms with Crippen molar-refractivity contribution in [3.8, 4) is 5.75 Å². The number of aromatic hydroxyl groups is 1. The van der Waals surface area contributed by atoms with Crippen LogP contribution in [0.1, 0.15) is 31.2 Å². The van der Waals surface area contributed by atoms with Gasteiger partial charge in [-0.3, -0.25) is 58.1 Å². The summed E-state index contributed by atoms with van der Waals surface area (Å²) >= 11 is 0. The SMILES string of the molecule is NC(=O)C[C@@H]1NC(=O)[C@@H]2CCCN2C(=O)CNC(=O)[C@H](Cc2ccc(O)c([N+](=O)[O-])c2)NC(=O)CNC(=O)[C@@H](CC(=O)O)NC(=O)[C@H](N)CSSC[C@H](C(N)=O)NC1=O. The third-order valence-electron chi connectivity index (χ3n) is 8.65. The summed E-state index contributed by atoms with van der Waals surface area (Å²) in [5.74, 6) is -11.5. The van der Waals surface area contributed by atoms with Crippen molar-refractivity contribution in [1.29, 1.82) is 0 Å². The summed E-state index contributed by atoms with van der Waals surface area (Å²) in [6, 6.07) is -5.74. The molecule has 25 nitrogen and oxygen atoms in total. The van der Waals surface area contributed by atoms with Gasteiger partial charge in [-0.25, -0.2) is 0 Å². The number of carbonyl (C=O) groups is 10. The van der Waals surface area contributed by atoms with Crippen molar-refractivity contribution >= 4 is 86.4 Å². The summed E-state index contributed by atoms with van der Waals surface area (Å²) in [5.41, 5.74) is 16.0. The predicted octanol–water partition coefficient (Wildman–Crippen LogP) is -5.44. The average molecular weight is 870 g/mol. The van der Waals surface area contributed by atoms with Gasteiger partial charge in [0.2, 0.25) is 53.2 Å². The number of hydrogen-bond donors (Lipinski definition) is 11. The fraction of sp³-hybridized carbons (Fsp3) is 0.500. The van der Waals surface area contributed by atoms with E-state index in [1.807, 2.05) is 0 Å². The highest BCUT2D eigenvalue weighted by Gasteiger charge is 2.37. The number of nitro groups is 1. The van der Waals surface area contributed by atoms with Crippen molar-refractivity contribution in [1.82, 2.24) is 36.8 Å². The van der Waals surface area contributed by atoms with Crippen molar-refractivity contribution < 1.29 is 63.1 Å². The van der Waals surface area contributed by atoms with Crippen molar-refractivity contribution in [2.45, 2.75) is 68.4 Å². The first kappa shape index (κ1) is 47.2. The van der Waals surface area contributed by atoms with E-state index in [0.29, 0.717) is 6.42 Å². The first-order valence-corrected chi connectivity index (χ1v) is 20.1. The Morgan fingerprint density at radius 1 is 0.831 bits per heavy atom. The Balaban J connectivity index is 1.94. The Morgan fingerprint density at radius 3 is 2.10 bits per heavy atom. The zero-order valence-electron chi connectivity index (χ0n) is 31.0. The molecular weight excluding hydrogens is 827 g/mol. The number of fused-ring (bicyclic) bond motifs is 1. The highest BCUT2D eigenvalue weighted by Crippen LogP contribution is 2.27. The molecule has 0 spiro atoms. The van der Waals surface area contributed by atoms with Gasteiger partial charge in [0, 0.05) is 30.5 Å². The standard InChI is InChI=1S/C32H43N11O14S2/c33-15-12-58-59-13-19(27(35)50)41-31(54)17(8-23(34)45)40-32(55)20-2-1-5-42(20)25(47)11-37-29(52)16(6-14-3-4-22(44)21(7-14)43(56)57)38-24(46)10-36-30(53)18(9-26(48)49)39-28(15)51/h3-4,7,15-20,44H,1-2,5-6,8-13,33H2,(H2,34,45)(H2,35,50)(H,36,53)(H,37,52)(H,38,46)(H,39,51)(H,40,55)(H,41,54)(H,48,49)/t15-,16+,17+,18-,19-,20+/m1/s1.